The van der Waals surface area contributed by atoms with Crippen LogP contribution in [0.3, 0.4) is 0 Å². The van der Waals surface area contributed by atoms with Crippen LogP contribution in [0.25, 0.3) is 0 Å². The van der Waals surface area contributed by atoms with Gasteiger partial charge in [0.05, 0.1) is 18.2 Å². The third kappa shape index (κ3) is 7.07. The molecule has 7 heteroatoms. The fourth-order valence-electron chi connectivity index (χ4n) is 2.48. The molecule has 156 valence electrons. The molecule has 0 fully saturated rings. The van der Waals surface area contributed by atoms with Gasteiger partial charge in [-0.3, -0.25) is 0 Å². The minimum absolute atomic E-state index is 0.0687. The molecule has 0 heterocycles. The molecular weight excluding hydrogens is 394 g/mol. The second-order valence-corrected chi connectivity index (χ2v) is 7.94. The number of hydrogen-bond donors (Lipinski definition) is 1. The zero-order valence-corrected chi connectivity index (χ0v) is 17.8. The van der Waals surface area contributed by atoms with Crippen LogP contribution in [0.1, 0.15) is 48.4 Å². The number of esters is 1. The van der Waals surface area contributed by atoms with E-state index in [1.807, 2.05) is 6.07 Å². The lowest BCUT2D eigenvalue weighted by atomic mass is 10.1. The molecule has 29 heavy (non-hydrogen) atoms. The van der Waals surface area contributed by atoms with E-state index >= 15 is 0 Å². The summed E-state index contributed by atoms with van der Waals surface area (Å²) in [7, 11) is 1.56. The SMILES string of the molecule is CN(CC(O)c1ccc(OC(=O)c2cccc(CCl)c2)cc1)C(=O)OC(C)(C)C. The van der Waals surface area contributed by atoms with Gasteiger partial charge in [-0.05, 0) is 56.2 Å². The van der Waals surface area contributed by atoms with Gasteiger partial charge >= 0.3 is 12.1 Å². The summed E-state index contributed by atoms with van der Waals surface area (Å²) in [5, 5.41) is 10.4. The van der Waals surface area contributed by atoms with E-state index < -0.39 is 23.8 Å². The molecule has 2 aromatic rings. The van der Waals surface area contributed by atoms with Gasteiger partial charge in [-0.15, -0.1) is 11.6 Å². The molecule has 6 nitrogen and oxygen atoms in total. The Kier molecular flexibility index (Phi) is 7.65. The highest BCUT2D eigenvalue weighted by molar-refractivity contribution is 6.17. The molecule has 0 aliphatic carbocycles. The number of carbonyl (C=O) groups is 2. The van der Waals surface area contributed by atoms with Gasteiger partial charge in [-0.2, -0.15) is 0 Å². The van der Waals surface area contributed by atoms with Crippen molar-refractivity contribution in [3.63, 3.8) is 0 Å². The Balaban J connectivity index is 1.96. The molecule has 1 N–H and O–H groups in total. The molecule has 0 saturated heterocycles. The number of nitrogens with zero attached hydrogens (tertiary/aromatic N) is 1. The maximum absolute atomic E-state index is 12.3. The molecule has 0 aromatic heterocycles. The molecule has 0 bridgehead atoms. The third-order valence-corrected chi connectivity index (χ3v) is 4.25. The van der Waals surface area contributed by atoms with Gasteiger partial charge in [-0.1, -0.05) is 24.3 Å². The van der Waals surface area contributed by atoms with Crippen LogP contribution in [-0.4, -0.2) is 41.3 Å². The number of hydrogen-bond acceptors (Lipinski definition) is 5. The number of halogens is 1. The summed E-state index contributed by atoms with van der Waals surface area (Å²) in [4.78, 5) is 25.6. The summed E-state index contributed by atoms with van der Waals surface area (Å²) in [6, 6.07) is 13.4. The monoisotopic (exact) mass is 419 g/mol. The first-order valence-corrected chi connectivity index (χ1v) is 9.71. The number of likely N-dealkylation sites (N-methyl/N-ethyl adjacent to an activating group) is 1. The van der Waals surface area contributed by atoms with E-state index in [-0.39, 0.29) is 6.54 Å². The van der Waals surface area contributed by atoms with Crippen LogP contribution in [0.2, 0.25) is 0 Å². The predicted molar refractivity (Wildman–Crippen MR) is 111 cm³/mol. The highest BCUT2D eigenvalue weighted by Gasteiger charge is 2.22. The van der Waals surface area contributed by atoms with Gasteiger partial charge in [0.1, 0.15) is 11.4 Å². The maximum Gasteiger partial charge on any atom is 0.410 e. The van der Waals surface area contributed by atoms with Crippen molar-refractivity contribution in [2.45, 2.75) is 38.4 Å². The molecule has 0 aliphatic rings. The number of ether oxygens (including phenoxy) is 2. The first-order chi connectivity index (χ1) is 13.6. The lowest BCUT2D eigenvalue weighted by Gasteiger charge is -2.26. The smallest absolute Gasteiger partial charge is 0.410 e. The molecule has 1 atom stereocenters. The average Bonchev–Trinajstić information content (AvgIpc) is 2.67. The van der Waals surface area contributed by atoms with E-state index in [1.54, 1.807) is 70.3 Å². The fraction of sp³-hybridized carbons (Fsp3) is 0.364. The number of aliphatic hydroxyl groups excluding tert-OH is 1. The van der Waals surface area contributed by atoms with E-state index in [4.69, 9.17) is 21.1 Å². The Labute approximate surface area is 176 Å². The maximum atomic E-state index is 12.3. The van der Waals surface area contributed by atoms with Crippen molar-refractivity contribution in [2.75, 3.05) is 13.6 Å². The Morgan fingerprint density at radius 3 is 2.38 bits per heavy atom. The average molecular weight is 420 g/mol. The Morgan fingerprint density at radius 1 is 1.14 bits per heavy atom. The van der Waals surface area contributed by atoms with Crippen molar-refractivity contribution in [2.24, 2.45) is 0 Å². The van der Waals surface area contributed by atoms with Crippen LogP contribution in [0.5, 0.6) is 5.75 Å². The largest absolute Gasteiger partial charge is 0.444 e. The molecule has 2 aromatic carbocycles. The number of benzene rings is 2. The zero-order chi connectivity index (χ0) is 21.6. The van der Waals surface area contributed by atoms with Crippen molar-refractivity contribution in [1.29, 1.82) is 0 Å². The molecule has 0 spiro atoms. The minimum atomic E-state index is -0.905. The lowest BCUT2D eigenvalue weighted by molar-refractivity contribution is 0.0205. The van der Waals surface area contributed by atoms with Crippen molar-refractivity contribution in [3.05, 3.63) is 65.2 Å². The van der Waals surface area contributed by atoms with Gasteiger partial charge in [0, 0.05) is 12.9 Å². The third-order valence-electron chi connectivity index (χ3n) is 3.94. The number of amides is 1. The number of carbonyl (C=O) groups excluding carboxylic acids is 2. The topological polar surface area (TPSA) is 76.1 Å². The zero-order valence-electron chi connectivity index (χ0n) is 17.0. The Morgan fingerprint density at radius 2 is 1.79 bits per heavy atom. The first-order valence-electron chi connectivity index (χ1n) is 9.18. The van der Waals surface area contributed by atoms with Crippen molar-refractivity contribution >= 4 is 23.7 Å². The lowest BCUT2D eigenvalue weighted by Crippen LogP contribution is -2.36. The highest BCUT2D eigenvalue weighted by Crippen LogP contribution is 2.20. The quantitative estimate of drug-likeness (QED) is 0.422. The Hall–Kier alpha value is -2.57. The van der Waals surface area contributed by atoms with Crippen LogP contribution >= 0.6 is 11.6 Å². The summed E-state index contributed by atoms with van der Waals surface area (Å²) in [6.45, 7) is 5.41. The highest BCUT2D eigenvalue weighted by atomic mass is 35.5. The summed E-state index contributed by atoms with van der Waals surface area (Å²) < 4.78 is 10.6. The van der Waals surface area contributed by atoms with Crippen LogP contribution in [0, 0.1) is 0 Å². The van der Waals surface area contributed by atoms with Gasteiger partial charge in [0.25, 0.3) is 0 Å². The van der Waals surface area contributed by atoms with Crippen LogP contribution in [0.4, 0.5) is 4.79 Å². The summed E-state index contributed by atoms with van der Waals surface area (Å²) in [5.41, 5.74) is 1.22. The number of aliphatic hydroxyl groups is 1. The van der Waals surface area contributed by atoms with Crippen LogP contribution < -0.4 is 4.74 Å². The molecular formula is C22H26ClNO5. The van der Waals surface area contributed by atoms with E-state index in [1.165, 1.54) is 4.90 Å². The second-order valence-electron chi connectivity index (χ2n) is 7.67. The summed E-state index contributed by atoms with van der Waals surface area (Å²) >= 11 is 5.79. The van der Waals surface area contributed by atoms with E-state index in [0.29, 0.717) is 22.8 Å². The van der Waals surface area contributed by atoms with E-state index in [9.17, 15) is 14.7 Å². The second kappa shape index (κ2) is 9.76. The van der Waals surface area contributed by atoms with Gasteiger partial charge in [-0.25, -0.2) is 9.59 Å². The predicted octanol–water partition coefficient (Wildman–Crippen LogP) is 4.54. The standard InChI is InChI=1S/C22H26ClNO5/c1-22(2,3)29-21(27)24(4)14-19(25)16-8-10-18(11-9-16)28-20(26)17-7-5-6-15(12-17)13-23/h5-12,19,25H,13-14H2,1-4H3. The first kappa shape index (κ1) is 22.7. The molecule has 0 saturated carbocycles. The summed E-state index contributed by atoms with van der Waals surface area (Å²) in [5.74, 6) is 0.170. The van der Waals surface area contributed by atoms with E-state index in [0.717, 1.165) is 5.56 Å². The summed E-state index contributed by atoms with van der Waals surface area (Å²) in [6.07, 6.45) is -1.42. The van der Waals surface area contributed by atoms with Crippen LogP contribution in [0.15, 0.2) is 48.5 Å². The van der Waals surface area contributed by atoms with Crippen molar-refractivity contribution < 1.29 is 24.2 Å². The number of alkyl halides is 1. The van der Waals surface area contributed by atoms with Crippen LogP contribution in [-0.2, 0) is 10.6 Å². The number of rotatable bonds is 6. The molecule has 1 unspecified atom stereocenters. The van der Waals surface area contributed by atoms with Gasteiger partial charge in [0.2, 0.25) is 0 Å². The molecule has 0 aliphatic heterocycles. The van der Waals surface area contributed by atoms with Crippen molar-refractivity contribution in [3.8, 4) is 5.75 Å². The molecule has 1 amide bonds. The van der Waals surface area contributed by atoms with Gasteiger partial charge < -0.3 is 19.5 Å². The normalized spacial score (nSPS) is 12.2. The van der Waals surface area contributed by atoms with Gasteiger partial charge in [0.15, 0.2) is 0 Å². The van der Waals surface area contributed by atoms with E-state index in [2.05, 4.69) is 0 Å². The minimum Gasteiger partial charge on any atom is -0.444 e. The molecule has 2 rings (SSSR count). The molecule has 0 radical (unpaired) electrons. The Bertz CT molecular complexity index is 845. The fourth-order valence-corrected chi connectivity index (χ4v) is 2.65. The van der Waals surface area contributed by atoms with Crippen molar-refractivity contribution in [1.82, 2.24) is 4.90 Å².